The molecular formula is C13H20N4O3S. The largest absolute Gasteiger partial charge is 0.480 e. The molecule has 0 amide bonds. The molecule has 3 rings (SSSR count). The highest BCUT2D eigenvalue weighted by Crippen LogP contribution is 2.44. The van der Waals surface area contributed by atoms with Gasteiger partial charge in [0.1, 0.15) is 5.54 Å². The van der Waals surface area contributed by atoms with Crippen molar-refractivity contribution in [3.8, 4) is 0 Å². The van der Waals surface area contributed by atoms with E-state index >= 15 is 0 Å². The quantitative estimate of drug-likeness (QED) is 0.610. The molecule has 1 heterocycles. The summed E-state index contributed by atoms with van der Waals surface area (Å²) in [5.41, 5.74) is -1.14. The Bertz CT molecular complexity index is 590. The van der Waals surface area contributed by atoms with Crippen molar-refractivity contribution in [2.24, 2.45) is 5.92 Å². The average Bonchev–Trinajstić information content (AvgIpc) is 3.33. The highest BCUT2D eigenvalue weighted by atomic mass is 32.2. The Morgan fingerprint density at radius 3 is 2.76 bits per heavy atom. The van der Waals surface area contributed by atoms with E-state index in [4.69, 9.17) is 0 Å². The fraction of sp³-hybridized carbons (Fsp3) is 0.769. The maximum Gasteiger partial charge on any atom is 0.343 e. The van der Waals surface area contributed by atoms with Crippen LogP contribution in [-0.4, -0.2) is 43.2 Å². The van der Waals surface area contributed by atoms with E-state index < -0.39 is 11.5 Å². The van der Waals surface area contributed by atoms with Crippen molar-refractivity contribution in [2.45, 2.75) is 55.9 Å². The van der Waals surface area contributed by atoms with Crippen LogP contribution in [0.3, 0.4) is 0 Å². The first-order chi connectivity index (χ1) is 10.1. The summed E-state index contributed by atoms with van der Waals surface area (Å²) in [6.45, 7) is 2.39. The number of aromatic nitrogens is 3. The Hall–Kier alpha value is -1.28. The summed E-state index contributed by atoms with van der Waals surface area (Å²) >= 11 is 1.34. The van der Waals surface area contributed by atoms with E-state index in [1.165, 1.54) is 16.3 Å². The van der Waals surface area contributed by atoms with Gasteiger partial charge in [0.05, 0.1) is 0 Å². The molecule has 1 aromatic rings. The van der Waals surface area contributed by atoms with Gasteiger partial charge in [-0.15, -0.1) is 5.10 Å². The van der Waals surface area contributed by atoms with Crippen LogP contribution in [0.15, 0.2) is 9.95 Å². The Kier molecular flexibility index (Phi) is 3.83. The van der Waals surface area contributed by atoms with Gasteiger partial charge in [0.15, 0.2) is 5.16 Å². The zero-order valence-corrected chi connectivity index (χ0v) is 12.8. The lowest BCUT2D eigenvalue weighted by Gasteiger charge is -2.30. The van der Waals surface area contributed by atoms with Gasteiger partial charge in [0.25, 0.3) is 0 Å². The molecule has 1 aromatic heterocycles. The van der Waals surface area contributed by atoms with E-state index in [0.29, 0.717) is 23.5 Å². The van der Waals surface area contributed by atoms with E-state index in [-0.39, 0.29) is 11.6 Å². The predicted molar refractivity (Wildman–Crippen MR) is 78.5 cm³/mol. The van der Waals surface area contributed by atoms with Crippen LogP contribution in [0.2, 0.25) is 0 Å². The van der Waals surface area contributed by atoms with Gasteiger partial charge in [0.2, 0.25) is 0 Å². The van der Waals surface area contributed by atoms with Crippen molar-refractivity contribution < 1.29 is 9.90 Å². The number of rotatable bonds is 8. The number of aliphatic carboxylic acids is 1. The van der Waals surface area contributed by atoms with E-state index in [9.17, 15) is 14.7 Å². The molecule has 2 aliphatic carbocycles. The first kappa shape index (κ1) is 14.6. The van der Waals surface area contributed by atoms with Gasteiger partial charge < -0.3 is 5.11 Å². The van der Waals surface area contributed by atoms with Crippen molar-refractivity contribution >= 4 is 17.7 Å². The Morgan fingerprint density at radius 2 is 2.24 bits per heavy atom. The minimum atomic E-state index is -0.889. The molecule has 0 aromatic carbocycles. The molecule has 2 fully saturated rings. The number of aromatic amines is 1. The van der Waals surface area contributed by atoms with Gasteiger partial charge in [-0.3, -0.25) is 14.7 Å². The van der Waals surface area contributed by atoms with Gasteiger partial charge >= 0.3 is 11.7 Å². The molecule has 0 bridgehead atoms. The number of carboxylic acids is 1. The normalized spacial score (nSPS) is 21.2. The molecule has 1 atom stereocenters. The minimum Gasteiger partial charge on any atom is -0.480 e. The highest BCUT2D eigenvalue weighted by molar-refractivity contribution is 7.99. The van der Waals surface area contributed by atoms with Crippen molar-refractivity contribution in [3.05, 3.63) is 10.5 Å². The third-order valence-corrected chi connectivity index (χ3v) is 5.33. The van der Waals surface area contributed by atoms with Gasteiger partial charge in [-0.05, 0) is 38.5 Å². The topological polar surface area (TPSA) is 100 Å². The standard InChI is InChI=1S/C13H20N4O3S/c1-2-17-11(20)15-16-12(17)21-7-13(10(18)19,8-3-4-8)14-9-5-6-9/h8-9,14H,2-7H2,1H3,(H,15,20)(H,18,19). The monoisotopic (exact) mass is 312 g/mol. The summed E-state index contributed by atoms with van der Waals surface area (Å²) in [6, 6.07) is 0.329. The lowest BCUT2D eigenvalue weighted by Crippen LogP contribution is -2.57. The minimum absolute atomic E-state index is 0.184. The maximum absolute atomic E-state index is 11.9. The Labute approximate surface area is 126 Å². The number of carbonyl (C=O) groups is 1. The summed E-state index contributed by atoms with van der Waals surface area (Å²) in [4.78, 5) is 23.4. The third-order valence-electron chi connectivity index (χ3n) is 4.16. The molecule has 3 N–H and O–H groups in total. The van der Waals surface area contributed by atoms with E-state index in [1.54, 1.807) is 0 Å². The first-order valence-electron chi connectivity index (χ1n) is 7.36. The summed E-state index contributed by atoms with van der Waals surface area (Å²) in [7, 11) is 0. The average molecular weight is 312 g/mol. The van der Waals surface area contributed by atoms with Crippen LogP contribution in [0, 0.1) is 5.92 Å². The van der Waals surface area contributed by atoms with Crippen LogP contribution in [0.5, 0.6) is 0 Å². The van der Waals surface area contributed by atoms with Crippen molar-refractivity contribution in [1.29, 1.82) is 0 Å². The lowest BCUT2D eigenvalue weighted by atomic mass is 9.95. The molecule has 0 saturated heterocycles. The molecule has 1 unspecified atom stereocenters. The fourth-order valence-electron chi connectivity index (χ4n) is 2.61. The second kappa shape index (κ2) is 5.49. The predicted octanol–water partition coefficient (Wildman–Crippen LogP) is 0.669. The van der Waals surface area contributed by atoms with Gasteiger partial charge in [-0.1, -0.05) is 11.8 Å². The summed E-state index contributed by atoms with van der Waals surface area (Å²) in [5, 5.41) is 20.1. The van der Waals surface area contributed by atoms with Crippen LogP contribution >= 0.6 is 11.8 Å². The smallest absolute Gasteiger partial charge is 0.343 e. The fourth-order valence-corrected chi connectivity index (χ4v) is 3.89. The molecule has 8 heteroatoms. The molecule has 2 saturated carbocycles. The number of thioether (sulfide) groups is 1. The number of nitrogens with one attached hydrogen (secondary N) is 2. The Balaban J connectivity index is 1.77. The van der Waals surface area contributed by atoms with Crippen LogP contribution in [-0.2, 0) is 11.3 Å². The molecule has 0 spiro atoms. The summed E-state index contributed by atoms with van der Waals surface area (Å²) in [5.74, 6) is -0.206. The van der Waals surface area contributed by atoms with Crippen LogP contribution in [0.25, 0.3) is 0 Å². The Morgan fingerprint density at radius 1 is 1.52 bits per heavy atom. The molecule has 21 heavy (non-hydrogen) atoms. The second-order valence-electron chi connectivity index (χ2n) is 5.81. The highest BCUT2D eigenvalue weighted by Gasteiger charge is 2.53. The zero-order valence-electron chi connectivity index (χ0n) is 12.0. The number of H-pyrrole nitrogens is 1. The lowest BCUT2D eigenvalue weighted by molar-refractivity contribution is -0.145. The van der Waals surface area contributed by atoms with Gasteiger partial charge in [0, 0.05) is 18.3 Å². The van der Waals surface area contributed by atoms with Crippen molar-refractivity contribution in [2.75, 3.05) is 5.75 Å². The zero-order chi connectivity index (χ0) is 15.0. The second-order valence-corrected chi connectivity index (χ2v) is 6.76. The number of nitrogens with zero attached hydrogens (tertiary/aromatic N) is 2. The molecule has 2 aliphatic rings. The van der Waals surface area contributed by atoms with E-state index in [2.05, 4.69) is 15.5 Å². The molecule has 7 nitrogen and oxygen atoms in total. The van der Waals surface area contributed by atoms with Gasteiger partial charge in [-0.25, -0.2) is 9.89 Å². The van der Waals surface area contributed by atoms with Crippen molar-refractivity contribution in [1.82, 2.24) is 20.1 Å². The van der Waals surface area contributed by atoms with Crippen LogP contribution < -0.4 is 11.0 Å². The summed E-state index contributed by atoms with van der Waals surface area (Å²) < 4.78 is 1.53. The van der Waals surface area contributed by atoms with Crippen LogP contribution in [0.4, 0.5) is 0 Å². The van der Waals surface area contributed by atoms with E-state index in [0.717, 1.165) is 25.7 Å². The third kappa shape index (κ3) is 2.87. The van der Waals surface area contributed by atoms with Crippen molar-refractivity contribution in [3.63, 3.8) is 0 Å². The number of hydrogen-bond donors (Lipinski definition) is 3. The van der Waals surface area contributed by atoms with E-state index in [1.807, 2.05) is 6.92 Å². The van der Waals surface area contributed by atoms with Gasteiger partial charge in [-0.2, -0.15) is 0 Å². The number of carboxylic acid groups (broad SMARTS) is 1. The maximum atomic E-state index is 11.9. The SMILES string of the molecule is CCn1c(SCC(NC2CC2)(C(=O)O)C2CC2)n[nH]c1=O. The molecule has 0 radical (unpaired) electrons. The molecule has 0 aliphatic heterocycles. The molecular weight excluding hydrogens is 292 g/mol. The van der Waals surface area contributed by atoms with Crippen LogP contribution in [0.1, 0.15) is 32.6 Å². The number of hydrogen-bond acceptors (Lipinski definition) is 5. The first-order valence-corrected chi connectivity index (χ1v) is 8.34. The summed E-state index contributed by atoms with van der Waals surface area (Å²) in [6.07, 6.45) is 4.00. The molecule has 116 valence electrons.